The highest BCUT2D eigenvalue weighted by Crippen LogP contribution is 2.31. The first-order valence-corrected chi connectivity index (χ1v) is 8.22. The van der Waals surface area contributed by atoms with Gasteiger partial charge in [0, 0.05) is 13.7 Å². The van der Waals surface area contributed by atoms with Crippen molar-refractivity contribution in [3.8, 4) is 0 Å². The average molecular weight is 293 g/mol. The molecule has 0 aliphatic heterocycles. The SMILES string of the molecule is COCCNCC(Cc1ccccc1F)CC1CCCC1. The van der Waals surface area contributed by atoms with E-state index in [-0.39, 0.29) is 5.82 Å². The fraction of sp³-hybridized carbons (Fsp3) is 0.667. The Bertz CT molecular complexity index is 404. The second-order valence-electron chi connectivity index (χ2n) is 6.24. The lowest BCUT2D eigenvalue weighted by Gasteiger charge is -2.21. The van der Waals surface area contributed by atoms with Crippen LogP contribution in [0.4, 0.5) is 4.39 Å². The molecule has 2 nitrogen and oxygen atoms in total. The summed E-state index contributed by atoms with van der Waals surface area (Å²) in [6.45, 7) is 2.55. The van der Waals surface area contributed by atoms with Gasteiger partial charge in [-0.1, -0.05) is 43.9 Å². The van der Waals surface area contributed by atoms with E-state index in [4.69, 9.17) is 4.74 Å². The first-order chi connectivity index (χ1) is 10.3. The highest BCUT2D eigenvalue weighted by Gasteiger charge is 2.21. The van der Waals surface area contributed by atoms with Gasteiger partial charge in [0.25, 0.3) is 0 Å². The normalized spacial score (nSPS) is 17.2. The monoisotopic (exact) mass is 293 g/mol. The standard InChI is InChI=1S/C18H28FNO/c1-21-11-10-20-14-16(12-15-6-2-3-7-15)13-17-8-4-5-9-18(17)19/h4-5,8-9,15-16,20H,2-3,6-7,10-14H2,1H3. The number of methoxy groups -OCH3 is 1. The van der Waals surface area contributed by atoms with Gasteiger partial charge < -0.3 is 10.1 Å². The summed E-state index contributed by atoms with van der Waals surface area (Å²) in [5, 5.41) is 3.45. The van der Waals surface area contributed by atoms with E-state index < -0.39 is 0 Å². The zero-order valence-electron chi connectivity index (χ0n) is 13.1. The third-order valence-electron chi connectivity index (χ3n) is 4.52. The van der Waals surface area contributed by atoms with Crippen LogP contribution in [0.2, 0.25) is 0 Å². The Balaban J connectivity index is 1.88. The minimum absolute atomic E-state index is 0.0641. The van der Waals surface area contributed by atoms with Crippen LogP contribution < -0.4 is 5.32 Å². The van der Waals surface area contributed by atoms with Crippen LogP contribution in [0.3, 0.4) is 0 Å². The van der Waals surface area contributed by atoms with Crippen molar-refractivity contribution >= 4 is 0 Å². The van der Waals surface area contributed by atoms with E-state index in [1.165, 1.54) is 32.1 Å². The Morgan fingerprint density at radius 3 is 2.76 bits per heavy atom. The Kier molecular flexibility index (Phi) is 7.17. The van der Waals surface area contributed by atoms with Gasteiger partial charge >= 0.3 is 0 Å². The van der Waals surface area contributed by atoms with Crippen molar-refractivity contribution in [3.63, 3.8) is 0 Å². The summed E-state index contributed by atoms with van der Waals surface area (Å²) in [7, 11) is 1.72. The van der Waals surface area contributed by atoms with Crippen molar-refractivity contribution < 1.29 is 9.13 Å². The molecular formula is C18H28FNO. The summed E-state index contributed by atoms with van der Waals surface area (Å²) in [4.78, 5) is 0. The Morgan fingerprint density at radius 1 is 1.29 bits per heavy atom. The summed E-state index contributed by atoms with van der Waals surface area (Å²) in [5.41, 5.74) is 0.856. The van der Waals surface area contributed by atoms with Gasteiger partial charge in [0.1, 0.15) is 5.82 Å². The molecule has 3 heteroatoms. The van der Waals surface area contributed by atoms with E-state index in [2.05, 4.69) is 5.32 Å². The average Bonchev–Trinajstić information content (AvgIpc) is 2.99. The topological polar surface area (TPSA) is 21.3 Å². The molecule has 1 N–H and O–H groups in total. The van der Waals surface area contributed by atoms with E-state index in [1.54, 1.807) is 19.2 Å². The lowest BCUT2D eigenvalue weighted by Crippen LogP contribution is -2.28. The molecule has 1 saturated carbocycles. The fourth-order valence-corrected chi connectivity index (χ4v) is 3.41. The van der Waals surface area contributed by atoms with Gasteiger partial charge in [-0.3, -0.25) is 0 Å². The van der Waals surface area contributed by atoms with Crippen molar-refractivity contribution in [1.29, 1.82) is 0 Å². The molecule has 1 aliphatic carbocycles. The summed E-state index contributed by atoms with van der Waals surface area (Å²) in [5.74, 6) is 1.29. The van der Waals surface area contributed by atoms with Crippen molar-refractivity contribution in [2.45, 2.75) is 38.5 Å². The Hall–Kier alpha value is -0.930. The van der Waals surface area contributed by atoms with Gasteiger partial charge in [0.05, 0.1) is 6.61 Å². The largest absolute Gasteiger partial charge is 0.383 e. The van der Waals surface area contributed by atoms with E-state index >= 15 is 0 Å². The minimum atomic E-state index is -0.0641. The number of halogens is 1. The molecule has 21 heavy (non-hydrogen) atoms. The smallest absolute Gasteiger partial charge is 0.126 e. The quantitative estimate of drug-likeness (QED) is 0.699. The number of hydrogen-bond acceptors (Lipinski definition) is 2. The van der Waals surface area contributed by atoms with Crippen LogP contribution in [-0.2, 0) is 11.2 Å². The minimum Gasteiger partial charge on any atom is -0.383 e. The first-order valence-electron chi connectivity index (χ1n) is 8.22. The lowest BCUT2D eigenvalue weighted by molar-refractivity contribution is 0.196. The van der Waals surface area contributed by atoms with Crippen LogP contribution in [0, 0.1) is 17.7 Å². The predicted molar refractivity (Wildman–Crippen MR) is 84.9 cm³/mol. The molecule has 0 radical (unpaired) electrons. The van der Waals surface area contributed by atoms with E-state index in [9.17, 15) is 4.39 Å². The zero-order chi connectivity index (χ0) is 14.9. The van der Waals surface area contributed by atoms with Crippen LogP contribution in [-0.4, -0.2) is 26.8 Å². The van der Waals surface area contributed by atoms with Crippen LogP contribution in [0.5, 0.6) is 0 Å². The van der Waals surface area contributed by atoms with Gasteiger partial charge in [-0.25, -0.2) is 4.39 Å². The molecule has 0 aromatic heterocycles. The summed E-state index contributed by atoms with van der Waals surface area (Å²) < 4.78 is 18.9. The fourth-order valence-electron chi connectivity index (χ4n) is 3.41. The van der Waals surface area contributed by atoms with Crippen molar-refractivity contribution in [3.05, 3.63) is 35.6 Å². The van der Waals surface area contributed by atoms with Gasteiger partial charge in [-0.2, -0.15) is 0 Å². The molecule has 1 aromatic carbocycles. The predicted octanol–water partition coefficient (Wildman–Crippen LogP) is 3.80. The lowest BCUT2D eigenvalue weighted by atomic mass is 9.88. The maximum atomic E-state index is 13.9. The highest BCUT2D eigenvalue weighted by atomic mass is 19.1. The molecule has 2 rings (SSSR count). The van der Waals surface area contributed by atoms with E-state index in [0.717, 1.165) is 37.6 Å². The zero-order valence-corrected chi connectivity index (χ0v) is 13.1. The molecule has 0 spiro atoms. The van der Waals surface area contributed by atoms with E-state index in [1.807, 2.05) is 12.1 Å². The van der Waals surface area contributed by atoms with Crippen molar-refractivity contribution in [1.82, 2.24) is 5.32 Å². The summed E-state index contributed by atoms with van der Waals surface area (Å²) in [6, 6.07) is 7.19. The first kappa shape index (κ1) is 16.4. The number of nitrogens with one attached hydrogen (secondary N) is 1. The third-order valence-corrected chi connectivity index (χ3v) is 4.52. The molecular weight excluding hydrogens is 265 g/mol. The number of hydrogen-bond donors (Lipinski definition) is 1. The molecule has 118 valence electrons. The van der Waals surface area contributed by atoms with Crippen LogP contribution >= 0.6 is 0 Å². The molecule has 1 unspecified atom stereocenters. The number of ether oxygens (including phenoxy) is 1. The highest BCUT2D eigenvalue weighted by molar-refractivity contribution is 5.17. The molecule has 1 fully saturated rings. The molecule has 0 bridgehead atoms. The van der Waals surface area contributed by atoms with Crippen LogP contribution in [0.1, 0.15) is 37.7 Å². The van der Waals surface area contributed by atoms with Gasteiger partial charge in [0.2, 0.25) is 0 Å². The Labute approximate surface area is 128 Å². The van der Waals surface area contributed by atoms with E-state index in [0.29, 0.717) is 5.92 Å². The second kappa shape index (κ2) is 9.16. The van der Waals surface area contributed by atoms with Crippen molar-refractivity contribution in [2.75, 3.05) is 26.8 Å². The summed E-state index contributed by atoms with van der Waals surface area (Å²) in [6.07, 6.45) is 7.50. The second-order valence-corrected chi connectivity index (χ2v) is 6.24. The maximum absolute atomic E-state index is 13.9. The number of benzene rings is 1. The molecule has 1 aromatic rings. The van der Waals surface area contributed by atoms with Gasteiger partial charge in [0.15, 0.2) is 0 Å². The van der Waals surface area contributed by atoms with Gasteiger partial charge in [-0.05, 0) is 42.9 Å². The van der Waals surface area contributed by atoms with Crippen LogP contribution in [0.25, 0.3) is 0 Å². The molecule has 0 saturated heterocycles. The summed E-state index contributed by atoms with van der Waals surface area (Å²) >= 11 is 0. The third kappa shape index (κ3) is 5.76. The van der Waals surface area contributed by atoms with Crippen molar-refractivity contribution in [2.24, 2.45) is 11.8 Å². The maximum Gasteiger partial charge on any atom is 0.126 e. The molecule has 1 atom stereocenters. The van der Waals surface area contributed by atoms with Crippen LogP contribution in [0.15, 0.2) is 24.3 Å². The molecule has 0 amide bonds. The Morgan fingerprint density at radius 2 is 2.05 bits per heavy atom. The number of rotatable bonds is 9. The molecule has 0 heterocycles. The molecule has 1 aliphatic rings. The van der Waals surface area contributed by atoms with Gasteiger partial charge in [-0.15, -0.1) is 0 Å².